The Morgan fingerprint density at radius 3 is 0.774 bits per heavy atom. The molecular weight excluding hydrogens is 663 g/mol. The van der Waals surface area contributed by atoms with Gasteiger partial charge in [-0.1, -0.05) is 0 Å². The maximum absolute atomic E-state index is 2.72. The van der Waals surface area contributed by atoms with Gasteiger partial charge in [0.05, 0.1) is 20.6 Å². The number of hydrogen-bond acceptors (Lipinski definition) is 0. The van der Waals surface area contributed by atoms with Crippen molar-refractivity contribution in [3.05, 3.63) is 48.5 Å². The van der Waals surface area contributed by atoms with Crippen LogP contribution >= 0.6 is 35.4 Å². The summed E-state index contributed by atoms with van der Waals surface area (Å²) in [5.41, 5.74) is 0. The molecule has 0 aliphatic rings. The van der Waals surface area contributed by atoms with Gasteiger partial charge in [0.2, 0.25) is 0 Å². The molecule has 0 atom stereocenters. The summed E-state index contributed by atoms with van der Waals surface area (Å²) in [5, 5.41) is 4.87. The van der Waals surface area contributed by atoms with Crippen molar-refractivity contribution in [1.29, 1.82) is 0 Å². The van der Waals surface area contributed by atoms with Gasteiger partial charge in [0.15, 0.2) is 0 Å². The van der Waals surface area contributed by atoms with E-state index in [2.05, 4.69) is 147 Å². The van der Waals surface area contributed by atoms with E-state index in [0.717, 1.165) is 0 Å². The van der Waals surface area contributed by atoms with Gasteiger partial charge in [-0.05, 0) is 110 Å². The summed E-state index contributed by atoms with van der Waals surface area (Å²) in [6.45, 7) is 28.5. The van der Waals surface area contributed by atoms with E-state index in [-0.39, 0.29) is 17.1 Å². The molecule has 0 spiro atoms. The molecule has 5 heteroatoms. The van der Waals surface area contributed by atoms with E-state index in [1.165, 1.54) is 0 Å². The summed E-state index contributed by atoms with van der Waals surface area (Å²) in [5.74, 6) is 0. The first kappa shape index (κ1) is 34.6. The van der Waals surface area contributed by atoms with Crippen molar-refractivity contribution in [3.63, 3.8) is 0 Å². The first-order chi connectivity index (χ1) is 13.5. The molecule has 0 radical (unpaired) electrons. The SMILES string of the molecule is CC(C)(C)[PH+]([c-]1cccc1)C(C)(C)C.CC(C)(C)[PH+]([c-]1cccc1)C(C)(C)C.[Fe].[Pd+][I]. The summed E-state index contributed by atoms with van der Waals surface area (Å²) < 4.78 is 0. The summed E-state index contributed by atoms with van der Waals surface area (Å²) in [4.78, 5) is 0. The Morgan fingerprint density at radius 2 is 0.645 bits per heavy atom. The van der Waals surface area contributed by atoms with Gasteiger partial charge in [0.25, 0.3) is 0 Å². The average Bonchev–Trinajstić information content (AvgIpc) is 3.18. The Hall–Kier alpha value is 1.47. The zero-order valence-corrected chi connectivity index (χ0v) is 28.5. The third-order valence-electron chi connectivity index (χ3n) is 4.90. The minimum absolute atomic E-state index is 0. The molecule has 0 aliphatic carbocycles. The van der Waals surface area contributed by atoms with Gasteiger partial charge in [-0.25, -0.2) is 24.3 Å². The van der Waals surface area contributed by atoms with Crippen molar-refractivity contribution in [3.8, 4) is 0 Å². The van der Waals surface area contributed by atoms with Gasteiger partial charge in [0.1, 0.15) is 0 Å². The summed E-state index contributed by atoms with van der Waals surface area (Å²) in [6.07, 6.45) is 0. The molecule has 0 heterocycles. The Balaban J connectivity index is 0. The zero-order chi connectivity index (χ0) is 24.0. The quantitative estimate of drug-likeness (QED) is 0.127. The number of hydrogen-bond donors (Lipinski definition) is 0. The van der Waals surface area contributed by atoms with E-state index in [1.807, 2.05) is 19.5 Å². The number of rotatable bonds is 2. The van der Waals surface area contributed by atoms with Gasteiger partial charge in [-0.2, -0.15) is 0 Å². The van der Waals surface area contributed by atoms with Crippen LogP contribution in [0.15, 0.2) is 48.5 Å². The molecule has 0 amide bonds. The van der Waals surface area contributed by atoms with Crippen LogP contribution in [-0.4, -0.2) is 20.6 Å². The topological polar surface area (TPSA) is 0 Å². The minimum atomic E-state index is -0.510. The van der Waals surface area contributed by atoms with Crippen LogP contribution in [0, 0.1) is 0 Å². The molecule has 0 aromatic heterocycles. The van der Waals surface area contributed by atoms with Crippen LogP contribution in [-0.2, 0) is 32.7 Å². The van der Waals surface area contributed by atoms with Crippen molar-refractivity contribution in [2.24, 2.45) is 0 Å². The third-order valence-corrected chi connectivity index (χ3v) is 12.7. The molecule has 0 saturated heterocycles. The van der Waals surface area contributed by atoms with E-state index < -0.39 is 15.8 Å². The van der Waals surface area contributed by atoms with E-state index in [0.29, 0.717) is 20.6 Å². The van der Waals surface area contributed by atoms with E-state index in [1.54, 1.807) is 10.6 Å². The average molecular weight is 710 g/mol. The molecule has 184 valence electrons. The number of halogens is 1. The van der Waals surface area contributed by atoms with Crippen LogP contribution in [0.2, 0.25) is 0 Å². The molecule has 0 aliphatic heterocycles. The first-order valence-corrected chi connectivity index (χ1v) is 18.4. The molecule has 0 N–H and O–H groups in total. The Kier molecular flexibility index (Phi) is 15.8. The van der Waals surface area contributed by atoms with Gasteiger partial charge in [-0.3, -0.25) is 0 Å². The second-order valence-corrected chi connectivity index (χ2v) is 20.8. The van der Waals surface area contributed by atoms with Gasteiger partial charge >= 0.3 is 35.1 Å². The van der Waals surface area contributed by atoms with Gasteiger partial charge in [0, 0.05) is 17.1 Å². The van der Waals surface area contributed by atoms with Crippen LogP contribution in [0.4, 0.5) is 0 Å². The molecule has 2 rings (SSSR count). The fourth-order valence-electron chi connectivity index (χ4n) is 5.06. The standard InChI is InChI=1S/2C13H23P.Fe.HI.Pd/c2*1-12(2,3)14(13(4,5)6)11-9-7-8-10-11;;;/h2*7-10,14H,1-6H3;;1H;/q;;;;+2/p-1. The second-order valence-electron chi connectivity index (χ2n) is 12.1. The van der Waals surface area contributed by atoms with Crippen LogP contribution in [0.25, 0.3) is 0 Å². The summed E-state index contributed by atoms with van der Waals surface area (Å²) >= 11 is 4.72. The fourth-order valence-corrected chi connectivity index (χ4v) is 14.1. The van der Waals surface area contributed by atoms with E-state index >= 15 is 0 Å². The molecule has 0 fully saturated rings. The molecule has 0 bridgehead atoms. The van der Waals surface area contributed by atoms with Crippen molar-refractivity contribution in [2.75, 3.05) is 0 Å². The molecular formula is C26H46FeIP2Pd+. The molecule has 0 nitrogen and oxygen atoms in total. The maximum atomic E-state index is 2.72. The van der Waals surface area contributed by atoms with Crippen molar-refractivity contribution < 1.29 is 32.7 Å². The van der Waals surface area contributed by atoms with Gasteiger partial charge < -0.3 is 0 Å². The summed E-state index contributed by atoms with van der Waals surface area (Å²) in [6, 6.07) is 17.8. The van der Waals surface area contributed by atoms with Crippen LogP contribution < -0.4 is 10.6 Å². The Bertz CT molecular complexity index is 592. The predicted octanol–water partition coefficient (Wildman–Crippen LogP) is 8.56. The van der Waals surface area contributed by atoms with Crippen molar-refractivity contribution in [2.45, 2.75) is 104 Å². The third kappa shape index (κ3) is 12.1. The summed E-state index contributed by atoms with van der Waals surface area (Å²) in [7, 11) is -1.02. The van der Waals surface area contributed by atoms with E-state index in [9.17, 15) is 0 Å². The van der Waals surface area contributed by atoms with Crippen LogP contribution in [0.5, 0.6) is 0 Å². The van der Waals surface area contributed by atoms with E-state index in [4.69, 9.17) is 0 Å². The zero-order valence-electron chi connectivity index (χ0n) is 21.7. The molecule has 2 aromatic carbocycles. The second kappa shape index (κ2) is 14.1. The Labute approximate surface area is 229 Å². The normalized spacial score (nSPS) is 12.5. The predicted molar refractivity (Wildman–Crippen MR) is 153 cm³/mol. The molecule has 2 aromatic rings. The fraction of sp³-hybridized carbons (Fsp3) is 0.615. The van der Waals surface area contributed by atoms with Crippen molar-refractivity contribution in [1.82, 2.24) is 0 Å². The van der Waals surface area contributed by atoms with Crippen LogP contribution in [0.1, 0.15) is 83.1 Å². The molecule has 0 saturated carbocycles. The van der Waals surface area contributed by atoms with Crippen LogP contribution in [0.3, 0.4) is 0 Å². The van der Waals surface area contributed by atoms with Crippen molar-refractivity contribution >= 4 is 46.0 Å². The monoisotopic (exact) mass is 709 g/mol. The molecule has 31 heavy (non-hydrogen) atoms. The Morgan fingerprint density at radius 1 is 0.484 bits per heavy atom. The van der Waals surface area contributed by atoms with Gasteiger partial charge in [-0.15, -0.1) is 24.3 Å². The first-order valence-electron chi connectivity index (χ1n) is 10.8. The molecule has 0 unspecified atom stereocenters.